The number of phenols is 1. The van der Waals surface area contributed by atoms with Crippen molar-refractivity contribution in [1.82, 2.24) is 0 Å². The second-order valence-electron chi connectivity index (χ2n) is 8.69. The van der Waals surface area contributed by atoms with Crippen LogP contribution in [0.2, 0.25) is 0 Å². The van der Waals surface area contributed by atoms with E-state index in [-0.39, 0.29) is 30.3 Å². The average molecular weight is 493 g/mol. The van der Waals surface area contributed by atoms with Gasteiger partial charge < -0.3 is 28.8 Å². The van der Waals surface area contributed by atoms with Crippen molar-refractivity contribution >= 4 is 22.6 Å². The second kappa shape index (κ2) is 11.0. The number of ether oxygens (including phenoxy) is 5. The summed E-state index contributed by atoms with van der Waals surface area (Å²) in [4.78, 5) is 13.1. The molecule has 0 bridgehead atoms. The van der Waals surface area contributed by atoms with E-state index in [1.165, 1.54) is 7.11 Å². The molecular weight excluding hydrogens is 460 g/mol. The Morgan fingerprint density at radius 3 is 2.47 bits per heavy atom. The average Bonchev–Trinajstić information content (AvgIpc) is 2.88. The van der Waals surface area contributed by atoms with Crippen LogP contribution in [-0.4, -0.2) is 39.0 Å². The molecule has 3 aromatic rings. The Bertz CT molecular complexity index is 1290. The first-order valence-corrected chi connectivity index (χ1v) is 11.9. The van der Waals surface area contributed by atoms with Gasteiger partial charge in [-0.3, -0.25) is 4.79 Å². The minimum absolute atomic E-state index is 0.0104. The highest BCUT2D eigenvalue weighted by atomic mass is 16.7. The number of fused-ring (bicyclic) bond motifs is 2. The number of carbonyl (C=O) groups is 1. The first-order valence-electron chi connectivity index (χ1n) is 11.9. The van der Waals surface area contributed by atoms with E-state index in [0.29, 0.717) is 40.9 Å². The van der Waals surface area contributed by atoms with Gasteiger partial charge in [0.2, 0.25) is 0 Å². The molecular formula is C29H32O7. The number of hydrogen-bond acceptors (Lipinski definition) is 7. The Kier molecular flexibility index (Phi) is 7.82. The van der Waals surface area contributed by atoms with Crippen LogP contribution in [0.4, 0.5) is 0 Å². The van der Waals surface area contributed by atoms with Crippen LogP contribution in [0.25, 0.3) is 16.8 Å². The maximum Gasteiger partial charge on any atom is 0.188 e. The van der Waals surface area contributed by atoms with Crippen LogP contribution in [0.15, 0.2) is 36.4 Å². The molecule has 0 fully saturated rings. The minimum Gasteiger partial charge on any atom is -0.506 e. The molecule has 0 amide bonds. The molecule has 1 unspecified atom stereocenters. The lowest BCUT2D eigenvalue weighted by Crippen LogP contribution is -2.20. The van der Waals surface area contributed by atoms with E-state index in [4.69, 9.17) is 23.7 Å². The van der Waals surface area contributed by atoms with Crippen LogP contribution in [-0.2, 0) is 16.1 Å². The molecule has 1 aliphatic rings. The second-order valence-corrected chi connectivity index (χ2v) is 8.69. The summed E-state index contributed by atoms with van der Waals surface area (Å²) in [5.41, 5.74) is 3.50. The molecule has 1 N–H and O–H groups in total. The van der Waals surface area contributed by atoms with Crippen molar-refractivity contribution in [2.45, 2.75) is 39.4 Å². The van der Waals surface area contributed by atoms with Crippen molar-refractivity contribution in [2.24, 2.45) is 0 Å². The molecule has 190 valence electrons. The summed E-state index contributed by atoms with van der Waals surface area (Å²) in [6.07, 6.45) is 4.13. The number of benzene rings is 3. The van der Waals surface area contributed by atoms with E-state index < -0.39 is 6.10 Å². The van der Waals surface area contributed by atoms with Crippen molar-refractivity contribution in [2.75, 3.05) is 28.1 Å². The molecule has 0 saturated carbocycles. The van der Waals surface area contributed by atoms with Crippen molar-refractivity contribution in [3.05, 3.63) is 64.2 Å². The normalized spacial score (nSPS) is 15.4. The molecule has 4 rings (SSSR count). The Morgan fingerprint density at radius 2 is 1.83 bits per heavy atom. The van der Waals surface area contributed by atoms with Crippen LogP contribution in [0.3, 0.4) is 0 Å². The Balaban J connectivity index is 1.88. The fourth-order valence-electron chi connectivity index (χ4n) is 4.80. The summed E-state index contributed by atoms with van der Waals surface area (Å²) in [6, 6.07) is 9.58. The third-order valence-corrected chi connectivity index (χ3v) is 6.46. The number of aryl methyl sites for hydroxylation is 1. The number of allylic oxidation sites excluding steroid dienone is 1. The highest BCUT2D eigenvalue weighted by Crippen LogP contribution is 2.52. The summed E-state index contributed by atoms with van der Waals surface area (Å²) >= 11 is 0. The summed E-state index contributed by atoms with van der Waals surface area (Å²) in [5, 5.41) is 12.6. The van der Waals surface area contributed by atoms with Crippen molar-refractivity contribution in [1.29, 1.82) is 0 Å². The molecule has 7 heteroatoms. The number of phenolic OH excluding ortho intramolecular Hbond substituents is 1. The Labute approximate surface area is 211 Å². The maximum absolute atomic E-state index is 13.1. The fraction of sp³-hybridized carbons (Fsp3) is 0.345. The van der Waals surface area contributed by atoms with Crippen LogP contribution in [0, 0.1) is 6.92 Å². The van der Waals surface area contributed by atoms with Gasteiger partial charge in [0.1, 0.15) is 23.0 Å². The predicted octanol–water partition coefficient (Wildman–Crippen LogP) is 6.12. The number of hydrogen-bond donors (Lipinski definition) is 1. The van der Waals surface area contributed by atoms with Gasteiger partial charge in [-0.25, -0.2) is 0 Å². The summed E-state index contributed by atoms with van der Waals surface area (Å²) in [5.74, 6) is 1.43. The zero-order chi connectivity index (χ0) is 25.8. The number of aromatic hydroxyl groups is 1. The van der Waals surface area contributed by atoms with Crippen LogP contribution < -0.4 is 14.2 Å². The number of rotatable bonds is 9. The summed E-state index contributed by atoms with van der Waals surface area (Å²) < 4.78 is 28.5. The molecule has 0 saturated heterocycles. The largest absolute Gasteiger partial charge is 0.506 e. The lowest BCUT2D eigenvalue weighted by molar-refractivity contribution is 0.0261. The lowest BCUT2D eigenvalue weighted by Gasteiger charge is -2.29. The van der Waals surface area contributed by atoms with Crippen molar-refractivity contribution < 1.29 is 33.6 Å². The molecule has 0 aliphatic heterocycles. The van der Waals surface area contributed by atoms with Gasteiger partial charge in [-0.05, 0) is 49.6 Å². The first-order chi connectivity index (χ1) is 17.4. The lowest BCUT2D eigenvalue weighted by atomic mass is 9.83. The zero-order valence-corrected chi connectivity index (χ0v) is 21.3. The van der Waals surface area contributed by atoms with Gasteiger partial charge in [0.05, 0.1) is 37.9 Å². The number of methoxy groups -OCH3 is 3. The van der Waals surface area contributed by atoms with Gasteiger partial charge in [-0.15, -0.1) is 0 Å². The van der Waals surface area contributed by atoms with E-state index >= 15 is 0 Å². The Hall–Kier alpha value is -3.55. The topological polar surface area (TPSA) is 83.5 Å². The third-order valence-electron chi connectivity index (χ3n) is 6.46. The van der Waals surface area contributed by atoms with Crippen LogP contribution in [0.5, 0.6) is 23.0 Å². The summed E-state index contributed by atoms with van der Waals surface area (Å²) in [6.45, 7) is 4.20. The van der Waals surface area contributed by atoms with Gasteiger partial charge in [0.15, 0.2) is 12.6 Å². The number of ketones is 1. The van der Waals surface area contributed by atoms with E-state index in [2.05, 4.69) is 0 Å². The summed E-state index contributed by atoms with van der Waals surface area (Å²) in [7, 11) is 4.72. The molecule has 1 aliphatic carbocycles. The van der Waals surface area contributed by atoms with E-state index in [0.717, 1.165) is 22.4 Å². The fourth-order valence-corrected chi connectivity index (χ4v) is 4.80. The molecule has 1 atom stereocenters. The molecule has 3 aromatic carbocycles. The smallest absolute Gasteiger partial charge is 0.188 e. The number of carbonyl (C=O) groups excluding carboxylic acids is 1. The predicted molar refractivity (Wildman–Crippen MR) is 138 cm³/mol. The van der Waals surface area contributed by atoms with Gasteiger partial charge >= 0.3 is 0 Å². The zero-order valence-electron chi connectivity index (χ0n) is 21.3. The molecule has 7 nitrogen and oxygen atoms in total. The van der Waals surface area contributed by atoms with Gasteiger partial charge in [0, 0.05) is 30.0 Å². The van der Waals surface area contributed by atoms with Gasteiger partial charge in [0.25, 0.3) is 0 Å². The van der Waals surface area contributed by atoms with Gasteiger partial charge in [-0.2, -0.15) is 0 Å². The molecule has 36 heavy (non-hydrogen) atoms. The first kappa shape index (κ1) is 25.5. The van der Waals surface area contributed by atoms with E-state index in [1.807, 2.05) is 56.3 Å². The minimum atomic E-state index is -0.427. The quantitative estimate of drug-likeness (QED) is 0.360. The van der Waals surface area contributed by atoms with Crippen molar-refractivity contribution in [3.8, 4) is 23.0 Å². The molecule has 0 spiro atoms. The number of Topliss-reactive ketones (excluding diaryl/α,β-unsaturated/α-hetero) is 1. The molecule has 0 heterocycles. The maximum atomic E-state index is 13.1. The van der Waals surface area contributed by atoms with Crippen LogP contribution >= 0.6 is 0 Å². The molecule has 0 radical (unpaired) electrons. The highest BCUT2D eigenvalue weighted by molar-refractivity contribution is 6.12. The standard InChI is InChI=1S/C29H32O7/c1-6-7-20-17(2)14-21-24(29(20)36-16-32-3)27(31)25-22(30)12-13-23(26(25)28(21)34-5)35-15-18-8-10-19(33-4)11-9-18/h6-11,14,23,31H,12-13,15-16H2,1-5H3. The van der Waals surface area contributed by atoms with E-state index in [9.17, 15) is 9.90 Å². The Morgan fingerprint density at radius 1 is 1.08 bits per heavy atom. The highest BCUT2D eigenvalue weighted by Gasteiger charge is 2.36. The monoisotopic (exact) mass is 492 g/mol. The van der Waals surface area contributed by atoms with Gasteiger partial charge in [-0.1, -0.05) is 24.3 Å². The molecule has 0 aromatic heterocycles. The SMILES string of the molecule is CC=Cc1c(C)cc2c(OC)c3c(c(O)c2c1OCOC)C(=O)CCC3OCc1ccc(OC)cc1. The third kappa shape index (κ3) is 4.64. The van der Waals surface area contributed by atoms with Crippen LogP contribution in [0.1, 0.15) is 58.5 Å². The van der Waals surface area contributed by atoms with E-state index in [1.54, 1.807) is 14.2 Å². The van der Waals surface area contributed by atoms with Crippen molar-refractivity contribution in [3.63, 3.8) is 0 Å².